The van der Waals surface area contributed by atoms with Crippen LogP contribution in [0.1, 0.15) is 5.89 Å². The summed E-state index contributed by atoms with van der Waals surface area (Å²) in [7, 11) is 1.74. The number of aryl methyl sites for hydroxylation is 1. The lowest BCUT2D eigenvalue weighted by Crippen LogP contribution is -2.21. The Morgan fingerprint density at radius 1 is 1.17 bits per heavy atom. The smallest absolute Gasteiger partial charge is 0.264 e. The first-order valence-electron chi connectivity index (χ1n) is 6.97. The molecule has 0 bridgehead atoms. The van der Waals surface area contributed by atoms with Crippen LogP contribution in [-0.2, 0) is 13.6 Å². The molecule has 1 aromatic carbocycles. The topological polar surface area (TPSA) is 91.6 Å². The van der Waals surface area contributed by atoms with E-state index in [2.05, 4.69) is 20.3 Å². The Balaban J connectivity index is 1.68. The van der Waals surface area contributed by atoms with Crippen LogP contribution in [-0.4, -0.2) is 29.5 Å². The first-order valence-corrected chi connectivity index (χ1v) is 6.97. The zero-order chi connectivity index (χ0) is 15.8. The van der Waals surface area contributed by atoms with Gasteiger partial charge in [-0.1, -0.05) is 18.2 Å². The van der Waals surface area contributed by atoms with Gasteiger partial charge in [-0.15, -0.1) is 10.2 Å². The van der Waals surface area contributed by atoms with Gasteiger partial charge in [-0.3, -0.25) is 14.0 Å². The molecule has 0 amide bonds. The Hall–Kier alpha value is -3.29. The summed E-state index contributed by atoms with van der Waals surface area (Å²) >= 11 is 0. The van der Waals surface area contributed by atoms with E-state index >= 15 is 0 Å². The van der Waals surface area contributed by atoms with Crippen LogP contribution in [0.2, 0.25) is 0 Å². The SMILES string of the molecule is Cn1ncc2c(=O)n(Cc3nnc(-c4ccccc4)o3)cnc21. The summed E-state index contributed by atoms with van der Waals surface area (Å²) < 4.78 is 8.60. The van der Waals surface area contributed by atoms with Crippen molar-refractivity contribution in [1.82, 2.24) is 29.5 Å². The third-order valence-electron chi connectivity index (χ3n) is 3.51. The highest BCUT2D eigenvalue weighted by molar-refractivity contribution is 5.72. The van der Waals surface area contributed by atoms with Crippen LogP contribution < -0.4 is 5.56 Å². The van der Waals surface area contributed by atoms with Gasteiger partial charge < -0.3 is 4.42 Å². The normalized spacial score (nSPS) is 11.2. The van der Waals surface area contributed by atoms with Gasteiger partial charge in [-0.25, -0.2) is 4.98 Å². The standard InChI is InChI=1S/C15H12N6O2/c1-20-13-11(7-17-20)15(22)21(9-16-13)8-12-18-19-14(23-12)10-5-3-2-4-6-10/h2-7,9H,8H2,1H3. The van der Waals surface area contributed by atoms with E-state index in [0.29, 0.717) is 22.8 Å². The fourth-order valence-electron chi connectivity index (χ4n) is 2.34. The molecule has 114 valence electrons. The average Bonchev–Trinajstić information content (AvgIpc) is 3.19. The molecular weight excluding hydrogens is 296 g/mol. The molecule has 0 radical (unpaired) electrons. The zero-order valence-electron chi connectivity index (χ0n) is 12.2. The van der Waals surface area contributed by atoms with Crippen LogP contribution in [0.4, 0.5) is 0 Å². The number of hydrogen-bond acceptors (Lipinski definition) is 6. The first-order chi connectivity index (χ1) is 11.2. The molecule has 23 heavy (non-hydrogen) atoms. The van der Waals surface area contributed by atoms with Crippen molar-refractivity contribution in [2.45, 2.75) is 6.54 Å². The molecule has 0 fully saturated rings. The maximum atomic E-state index is 12.4. The molecule has 0 saturated heterocycles. The minimum Gasteiger partial charge on any atom is -0.419 e. The second kappa shape index (κ2) is 5.16. The van der Waals surface area contributed by atoms with Gasteiger partial charge in [0, 0.05) is 12.6 Å². The zero-order valence-corrected chi connectivity index (χ0v) is 12.2. The lowest BCUT2D eigenvalue weighted by molar-refractivity contribution is 0.483. The van der Waals surface area contributed by atoms with Gasteiger partial charge in [0.2, 0.25) is 11.8 Å². The highest BCUT2D eigenvalue weighted by Crippen LogP contribution is 2.17. The van der Waals surface area contributed by atoms with Gasteiger partial charge >= 0.3 is 0 Å². The van der Waals surface area contributed by atoms with E-state index in [0.717, 1.165) is 5.56 Å². The molecule has 0 aliphatic heterocycles. The third-order valence-corrected chi connectivity index (χ3v) is 3.51. The molecule has 0 atom stereocenters. The van der Waals surface area contributed by atoms with E-state index in [-0.39, 0.29) is 12.1 Å². The summed E-state index contributed by atoms with van der Waals surface area (Å²) in [6, 6.07) is 9.46. The van der Waals surface area contributed by atoms with Crippen molar-refractivity contribution < 1.29 is 4.42 Å². The van der Waals surface area contributed by atoms with Crippen LogP contribution in [0, 0.1) is 0 Å². The number of hydrogen-bond donors (Lipinski definition) is 0. The number of nitrogens with zero attached hydrogens (tertiary/aromatic N) is 6. The molecule has 0 saturated carbocycles. The molecular formula is C15H12N6O2. The predicted molar refractivity (Wildman–Crippen MR) is 81.6 cm³/mol. The number of aromatic nitrogens is 6. The molecule has 8 nitrogen and oxygen atoms in total. The fourth-order valence-corrected chi connectivity index (χ4v) is 2.34. The van der Waals surface area contributed by atoms with Crippen molar-refractivity contribution in [3.8, 4) is 11.5 Å². The van der Waals surface area contributed by atoms with Gasteiger partial charge in [0.15, 0.2) is 5.65 Å². The molecule has 3 heterocycles. The van der Waals surface area contributed by atoms with Crippen LogP contribution >= 0.6 is 0 Å². The van der Waals surface area contributed by atoms with Gasteiger partial charge in [-0.2, -0.15) is 5.10 Å². The molecule has 0 spiro atoms. The molecule has 8 heteroatoms. The maximum Gasteiger partial charge on any atom is 0.264 e. The molecule has 4 rings (SSSR count). The summed E-state index contributed by atoms with van der Waals surface area (Å²) in [6.45, 7) is 0.163. The van der Waals surface area contributed by atoms with E-state index in [1.54, 1.807) is 11.7 Å². The van der Waals surface area contributed by atoms with Gasteiger partial charge in [0.25, 0.3) is 5.56 Å². The highest BCUT2D eigenvalue weighted by Gasteiger charge is 2.12. The molecule has 4 aromatic rings. The average molecular weight is 308 g/mol. The summed E-state index contributed by atoms with van der Waals surface area (Å²) in [5.41, 5.74) is 1.18. The molecule has 0 aliphatic carbocycles. The monoisotopic (exact) mass is 308 g/mol. The van der Waals surface area contributed by atoms with E-state index in [1.165, 1.54) is 17.1 Å². The van der Waals surface area contributed by atoms with Crippen molar-refractivity contribution in [2.24, 2.45) is 7.05 Å². The van der Waals surface area contributed by atoms with Crippen LogP contribution in [0.25, 0.3) is 22.5 Å². The largest absolute Gasteiger partial charge is 0.419 e. The van der Waals surface area contributed by atoms with E-state index in [9.17, 15) is 4.79 Å². The molecule has 0 unspecified atom stereocenters. The Morgan fingerprint density at radius 3 is 2.83 bits per heavy atom. The van der Waals surface area contributed by atoms with E-state index < -0.39 is 0 Å². The second-order valence-corrected chi connectivity index (χ2v) is 5.05. The highest BCUT2D eigenvalue weighted by atomic mass is 16.4. The number of rotatable bonds is 3. The molecule has 3 aromatic heterocycles. The quantitative estimate of drug-likeness (QED) is 0.565. The van der Waals surface area contributed by atoms with Gasteiger partial charge in [0.05, 0.1) is 6.20 Å². The fraction of sp³-hybridized carbons (Fsp3) is 0.133. The summed E-state index contributed by atoms with van der Waals surface area (Å²) in [5.74, 6) is 0.764. The van der Waals surface area contributed by atoms with E-state index in [4.69, 9.17) is 4.42 Å². The first kappa shape index (κ1) is 13.4. The van der Waals surface area contributed by atoms with Crippen molar-refractivity contribution in [1.29, 1.82) is 0 Å². The summed E-state index contributed by atoms with van der Waals surface area (Å²) in [4.78, 5) is 16.6. The molecule has 0 N–H and O–H groups in total. The van der Waals surface area contributed by atoms with Gasteiger partial charge in [-0.05, 0) is 12.1 Å². The van der Waals surface area contributed by atoms with E-state index in [1.807, 2.05) is 30.3 Å². The summed E-state index contributed by atoms with van der Waals surface area (Å²) in [5, 5.41) is 12.5. The Kier molecular flexibility index (Phi) is 3.00. The maximum absolute atomic E-state index is 12.4. The molecule has 0 aliphatic rings. The lowest BCUT2D eigenvalue weighted by atomic mass is 10.2. The second-order valence-electron chi connectivity index (χ2n) is 5.05. The van der Waals surface area contributed by atoms with Crippen molar-refractivity contribution >= 4 is 11.0 Å². The third kappa shape index (κ3) is 2.30. The van der Waals surface area contributed by atoms with Crippen molar-refractivity contribution in [3.05, 3.63) is 59.1 Å². The van der Waals surface area contributed by atoms with Crippen molar-refractivity contribution in [2.75, 3.05) is 0 Å². The predicted octanol–water partition coefficient (Wildman–Crippen LogP) is 1.23. The van der Waals surface area contributed by atoms with Gasteiger partial charge in [0.1, 0.15) is 18.3 Å². The Morgan fingerprint density at radius 2 is 2.00 bits per heavy atom. The summed E-state index contributed by atoms with van der Waals surface area (Å²) in [6.07, 6.45) is 2.96. The lowest BCUT2D eigenvalue weighted by Gasteiger charge is -2.01. The van der Waals surface area contributed by atoms with Crippen LogP contribution in [0.5, 0.6) is 0 Å². The number of fused-ring (bicyclic) bond motifs is 1. The minimum absolute atomic E-state index is 0.163. The Labute approximate surface area is 130 Å². The van der Waals surface area contributed by atoms with Crippen LogP contribution in [0.3, 0.4) is 0 Å². The van der Waals surface area contributed by atoms with Crippen LogP contribution in [0.15, 0.2) is 52.1 Å². The minimum atomic E-state index is -0.192. The van der Waals surface area contributed by atoms with Crippen molar-refractivity contribution in [3.63, 3.8) is 0 Å². The Bertz CT molecular complexity index is 1030. The number of benzene rings is 1.